The average Bonchev–Trinajstić information content (AvgIpc) is 2.60. The predicted octanol–water partition coefficient (Wildman–Crippen LogP) is -0.246. The van der Waals surface area contributed by atoms with Crippen molar-refractivity contribution < 1.29 is 14.6 Å². The van der Waals surface area contributed by atoms with Crippen molar-refractivity contribution in [2.24, 2.45) is 7.05 Å². The van der Waals surface area contributed by atoms with Gasteiger partial charge in [-0.15, -0.1) is 0 Å². The first-order chi connectivity index (χ1) is 7.56. The van der Waals surface area contributed by atoms with Crippen molar-refractivity contribution in [2.75, 3.05) is 7.11 Å². The maximum absolute atomic E-state index is 11.5. The molecule has 2 N–H and O–H groups in total. The summed E-state index contributed by atoms with van der Waals surface area (Å²) < 4.78 is 5.79. The average molecular weight is 223 g/mol. The lowest BCUT2D eigenvalue weighted by atomic mass is 10.2. The third-order valence-electron chi connectivity index (χ3n) is 2.28. The Kier molecular flexibility index (Phi) is 2.15. The van der Waals surface area contributed by atoms with Crippen molar-refractivity contribution in [3.63, 3.8) is 0 Å². The van der Waals surface area contributed by atoms with Gasteiger partial charge in [0.05, 0.1) is 18.7 Å². The van der Waals surface area contributed by atoms with E-state index in [4.69, 9.17) is 0 Å². The minimum atomic E-state index is -0.885. The summed E-state index contributed by atoms with van der Waals surface area (Å²) in [6.07, 6.45) is 1.35. The van der Waals surface area contributed by atoms with Gasteiger partial charge in [0.1, 0.15) is 11.4 Å². The van der Waals surface area contributed by atoms with Crippen LogP contribution in [0, 0.1) is 0 Å². The minimum Gasteiger partial charge on any atom is -0.506 e. The molecular weight excluding hydrogens is 214 g/mol. The van der Waals surface area contributed by atoms with Gasteiger partial charge in [-0.25, -0.2) is 4.79 Å². The second-order valence-corrected chi connectivity index (χ2v) is 3.20. The summed E-state index contributed by atoms with van der Waals surface area (Å²) in [4.78, 5) is 25.3. The minimum absolute atomic E-state index is 0.294. The number of hydrogen-bond donors (Lipinski definition) is 2. The normalized spacial score (nSPS) is 10.6. The van der Waals surface area contributed by atoms with E-state index in [0.717, 1.165) is 7.11 Å². The Balaban J connectivity index is 2.87. The summed E-state index contributed by atoms with van der Waals surface area (Å²) in [5.41, 5.74) is -0.779. The molecule has 0 spiro atoms. The molecule has 7 nitrogen and oxygen atoms in total. The first kappa shape index (κ1) is 10.2. The third-order valence-corrected chi connectivity index (χ3v) is 2.28. The number of carbonyl (C=O) groups is 1. The van der Waals surface area contributed by atoms with E-state index in [-0.39, 0.29) is 0 Å². The van der Waals surface area contributed by atoms with Crippen molar-refractivity contribution in [3.05, 3.63) is 22.1 Å². The lowest BCUT2D eigenvalue weighted by Gasteiger charge is -2.02. The summed E-state index contributed by atoms with van der Waals surface area (Å²) in [5, 5.41) is 13.9. The van der Waals surface area contributed by atoms with E-state index in [2.05, 4.69) is 14.8 Å². The van der Waals surface area contributed by atoms with E-state index >= 15 is 0 Å². The summed E-state index contributed by atoms with van der Waals surface area (Å²) in [5.74, 6) is -1.30. The van der Waals surface area contributed by atoms with Crippen LogP contribution in [0.25, 0.3) is 11.0 Å². The van der Waals surface area contributed by atoms with Gasteiger partial charge >= 0.3 is 5.97 Å². The molecule has 2 heterocycles. The molecule has 0 radical (unpaired) electrons. The molecule has 2 aromatic heterocycles. The van der Waals surface area contributed by atoms with Crippen molar-refractivity contribution in [3.8, 4) is 5.75 Å². The largest absolute Gasteiger partial charge is 0.506 e. The van der Waals surface area contributed by atoms with E-state index in [9.17, 15) is 14.7 Å². The van der Waals surface area contributed by atoms with Crippen LogP contribution in [-0.4, -0.2) is 33.0 Å². The molecule has 7 heteroatoms. The number of ether oxygens (including phenoxy) is 1. The van der Waals surface area contributed by atoms with Crippen molar-refractivity contribution >= 4 is 17.0 Å². The Bertz CT molecular complexity index is 625. The van der Waals surface area contributed by atoms with Crippen LogP contribution in [0.15, 0.2) is 11.0 Å². The van der Waals surface area contributed by atoms with Crippen LogP contribution in [0.4, 0.5) is 0 Å². The zero-order valence-corrected chi connectivity index (χ0v) is 8.64. The van der Waals surface area contributed by atoms with Crippen molar-refractivity contribution in [2.45, 2.75) is 0 Å². The second-order valence-electron chi connectivity index (χ2n) is 3.20. The highest BCUT2D eigenvalue weighted by Crippen LogP contribution is 2.24. The molecule has 0 aliphatic heterocycles. The Hall–Kier alpha value is -2.31. The molecular formula is C9H9N3O4. The smallest absolute Gasteiger partial charge is 0.347 e. The van der Waals surface area contributed by atoms with Crippen LogP contribution < -0.4 is 5.56 Å². The van der Waals surface area contributed by atoms with Crippen molar-refractivity contribution in [1.29, 1.82) is 0 Å². The first-order valence-electron chi connectivity index (χ1n) is 4.41. The molecule has 0 aromatic carbocycles. The second kappa shape index (κ2) is 3.37. The van der Waals surface area contributed by atoms with Crippen LogP contribution in [0.2, 0.25) is 0 Å². The van der Waals surface area contributed by atoms with Gasteiger partial charge in [0.15, 0.2) is 5.56 Å². The first-order valence-corrected chi connectivity index (χ1v) is 4.41. The van der Waals surface area contributed by atoms with Crippen LogP contribution in [0.5, 0.6) is 5.75 Å². The van der Waals surface area contributed by atoms with Gasteiger partial charge in [-0.05, 0) is 0 Å². The number of carbonyl (C=O) groups excluding carboxylic acids is 1. The van der Waals surface area contributed by atoms with E-state index in [1.54, 1.807) is 7.05 Å². The highest BCUT2D eigenvalue weighted by molar-refractivity contribution is 5.98. The maximum atomic E-state index is 11.5. The number of aromatic nitrogens is 3. The number of nitrogens with zero attached hydrogens (tertiary/aromatic N) is 2. The highest BCUT2D eigenvalue weighted by Gasteiger charge is 2.20. The number of rotatable bonds is 1. The number of aromatic amines is 1. The van der Waals surface area contributed by atoms with E-state index < -0.39 is 22.8 Å². The molecule has 0 atom stereocenters. The lowest BCUT2D eigenvalue weighted by Crippen LogP contribution is -2.19. The number of aryl methyl sites for hydroxylation is 1. The Morgan fingerprint density at radius 2 is 2.31 bits per heavy atom. The van der Waals surface area contributed by atoms with Crippen LogP contribution in [0.3, 0.4) is 0 Å². The summed E-state index contributed by atoms with van der Waals surface area (Å²) in [6.45, 7) is 0. The SMILES string of the molecule is COC(=O)c1c(O)c2cnn(C)c2[nH]c1=O. The van der Waals surface area contributed by atoms with Crippen LogP contribution >= 0.6 is 0 Å². The maximum Gasteiger partial charge on any atom is 0.347 e. The Morgan fingerprint density at radius 1 is 1.62 bits per heavy atom. The van der Waals surface area contributed by atoms with Crippen LogP contribution in [-0.2, 0) is 11.8 Å². The molecule has 0 fully saturated rings. The molecule has 84 valence electrons. The zero-order valence-electron chi connectivity index (χ0n) is 8.64. The number of H-pyrrole nitrogens is 1. The van der Waals surface area contributed by atoms with Gasteiger partial charge < -0.3 is 14.8 Å². The number of hydrogen-bond acceptors (Lipinski definition) is 5. The topological polar surface area (TPSA) is 97.2 Å². The molecule has 0 aliphatic carbocycles. The van der Waals surface area contributed by atoms with Gasteiger partial charge in [0, 0.05) is 7.05 Å². The summed E-state index contributed by atoms with van der Waals surface area (Å²) in [6, 6.07) is 0. The predicted molar refractivity (Wildman–Crippen MR) is 54.3 cm³/mol. The fraction of sp³-hybridized carbons (Fsp3) is 0.222. The van der Waals surface area contributed by atoms with Gasteiger partial charge in [0.2, 0.25) is 0 Å². The molecule has 0 bridgehead atoms. The van der Waals surface area contributed by atoms with Gasteiger partial charge in [-0.2, -0.15) is 5.10 Å². The number of esters is 1. The van der Waals surface area contributed by atoms with Crippen molar-refractivity contribution in [1.82, 2.24) is 14.8 Å². The van der Waals surface area contributed by atoms with E-state index in [0.29, 0.717) is 11.0 Å². The Morgan fingerprint density at radius 3 is 2.94 bits per heavy atom. The summed E-state index contributed by atoms with van der Waals surface area (Å²) in [7, 11) is 2.74. The van der Waals surface area contributed by atoms with E-state index in [1.165, 1.54) is 10.9 Å². The number of methoxy groups -OCH3 is 1. The lowest BCUT2D eigenvalue weighted by molar-refractivity contribution is 0.0595. The van der Waals surface area contributed by atoms with E-state index in [1.807, 2.05) is 0 Å². The summed E-state index contributed by atoms with van der Waals surface area (Å²) >= 11 is 0. The number of fused-ring (bicyclic) bond motifs is 1. The molecule has 0 aliphatic rings. The molecule has 2 aromatic rings. The third kappa shape index (κ3) is 1.25. The zero-order chi connectivity index (χ0) is 11.9. The molecule has 0 saturated carbocycles. The monoisotopic (exact) mass is 223 g/mol. The van der Waals surface area contributed by atoms with Gasteiger partial charge in [-0.1, -0.05) is 0 Å². The molecule has 16 heavy (non-hydrogen) atoms. The number of pyridine rings is 1. The molecule has 0 unspecified atom stereocenters. The fourth-order valence-electron chi connectivity index (χ4n) is 1.46. The van der Waals surface area contributed by atoms with Gasteiger partial charge in [-0.3, -0.25) is 9.48 Å². The number of nitrogens with one attached hydrogen (secondary N) is 1. The number of aromatic hydroxyl groups is 1. The standard InChI is InChI=1S/C9H9N3O4/c1-12-7-4(3-10-12)6(13)5(8(14)11-7)9(15)16-2/h3H,1-2H3,(H2,11,13,14). The molecule has 2 rings (SSSR count). The fourth-order valence-corrected chi connectivity index (χ4v) is 1.46. The molecule has 0 saturated heterocycles. The van der Waals surface area contributed by atoms with Crippen LogP contribution in [0.1, 0.15) is 10.4 Å². The van der Waals surface area contributed by atoms with Gasteiger partial charge in [0.25, 0.3) is 5.56 Å². The highest BCUT2D eigenvalue weighted by atomic mass is 16.5. The molecule has 0 amide bonds. The Labute approximate surface area is 89.3 Å². The quantitative estimate of drug-likeness (QED) is 0.650.